The van der Waals surface area contributed by atoms with Crippen molar-refractivity contribution >= 4 is 38.4 Å². The van der Waals surface area contributed by atoms with Gasteiger partial charge in [-0.15, -0.1) is 0 Å². The van der Waals surface area contributed by atoms with Crippen molar-refractivity contribution in [2.75, 3.05) is 23.0 Å². The van der Waals surface area contributed by atoms with Gasteiger partial charge in [0.2, 0.25) is 0 Å². The number of fused-ring (bicyclic) bond motifs is 1. The van der Waals surface area contributed by atoms with Crippen LogP contribution in [0.1, 0.15) is 12.8 Å². The highest BCUT2D eigenvalue weighted by Crippen LogP contribution is 2.42. The van der Waals surface area contributed by atoms with Crippen LogP contribution in [0.5, 0.6) is 0 Å². The second kappa shape index (κ2) is 6.58. The molecule has 0 N–H and O–H groups in total. The van der Waals surface area contributed by atoms with E-state index < -0.39 is 39.5 Å². The Labute approximate surface area is 153 Å². The van der Waals surface area contributed by atoms with Crippen LogP contribution >= 0.6 is 11.8 Å². The van der Waals surface area contributed by atoms with Crippen LogP contribution in [0.25, 0.3) is 0 Å². The lowest BCUT2D eigenvalue weighted by Gasteiger charge is -2.25. The first kappa shape index (κ1) is 17.9. The number of thioether (sulfide) groups is 1. The molecule has 3 aliphatic heterocycles. The quantitative estimate of drug-likeness (QED) is 0.750. The minimum Gasteiger partial charge on any atom is -0.368 e. The highest BCUT2D eigenvalue weighted by Gasteiger charge is 2.50. The number of rotatable bonds is 2. The number of benzene rings is 1. The number of anilines is 1. The second-order valence-electron chi connectivity index (χ2n) is 6.50. The monoisotopic (exact) mass is 402 g/mol. The van der Waals surface area contributed by atoms with E-state index >= 15 is 0 Å². The fourth-order valence-corrected chi connectivity index (χ4v) is 7.37. The molecule has 1 amide bonds. The van der Waals surface area contributed by atoms with Gasteiger partial charge in [-0.05, 0) is 25.0 Å². The highest BCUT2D eigenvalue weighted by molar-refractivity contribution is 8.16. The number of hydrogen-bond acceptors (Lipinski definition) is 5. The number of sulfone groups is 1. The largest absolute Gasteiger partial charge is 0.368 e. The number of aliphatic imine (C=N–C) groups is 1. The number of hydrogen-bond donors (Lipinski definition) is 0. The van der Waals surface area contributed by atoms with Crippen LogP contribution in [0, 0.1) is 11.6 Å². The number of amidine groups is 1. The maximum atomic E-state index is 14.4. The lowest BCUT2D eigenvalue weighted by molar-refractivity contribution is -0.126. The van der Waals surface area contributed by atoms with E-state index in [9.17, 15) is 22.0 Å². The van der Waals surface area contributed by atoms with Crippen molar-refractivity contribution in [3.05, 3.63) is 29.8 Å². The van der Waals surface area contributed by atoms with Crippen LogP contribution in [0.3, 0.4) is 0 Å². The first-order valence-electron chi connectivity index (χ1n) is 8.19. The van der Waals surface area contributed by atoms with Gasteiger partial charge in [-0.3, -0.25) is 4.79 Å². The second-order valence-corrected chi connectivity index (χ2v) is 9.86. The fraction of sp³-hybridized carbons (Fsp3) is 0.500. The molecule has 3 fully saturated rings. The van der Waals surface area contributed by atoms with Gasteiger partial charge in [0.15, 0.2) is 15.0 Å². The predicted molar refractivity (Wildman–Crippen MR) is 94.1 cm³/mol. The maximum absolute atomic E-state index is 14.4. The number of carbonyl (C=O) groups excluding carboxylic acids is 1. The fourth-order valence-electron chi connectivity index (χ4n) is 3.46. The van der Waals surface area contributed by atoms with Gasteiger partial charge in [0.05, 0.1) is 23.2 Å². The summed E-state index contributed by atoms with van der Waals surface area (Å²) in [6, 6.07) is 2.53. The van der Waals surface area contributed by atoms with E-state index in [0.29, 0.717) is 13.0 Å². The summed E-state index contributed by atoms with van der Waals surface area (Å²) in [4.78, 5) is 17.9. The Balaban J connectivity index is 1.72. The van der Waals surface area contributed by atoms with Crippen molar-refractivity contribution in [1.29, 1.82) is 0 Å². The van der Waals surface area contributed by atoms with E-state index in [0.717, 1.165) is 30.3 Å². The van der Waals surface area contributed by atoms with Crippen LogP contribution in [0.4, 0.5) is 14.5 Å². The summed E-state index contributed by atoms with van der Waals surface area (Å²) in [5, 5.41) is -0.110. The van der Waals surface area contributed by atoms with Crippen LogP contribution in [0.15, 0.2) is 23.2 Å². The highest BCUT2D eigenvalue weighted by atomic mass is 32.2. The Kier molecular flexibility index (Phi) is 4.52. The molecule has 3 aliphatic rings. The molecule has 10 heteroatoms. The summed E-state index contributed by atoms with van der Waals surface area (Å²) in [7, 11) is -3.26. The van der Waals surface area contributed by atoms with Crippen molar-refractivity contribution < 1.29 is 26.7 Å². The SMILES string of the molecule is O=C(N=C1S[C@@H]2CS(=O)(=O)C[C@@H]2N1c1ccc(F)cc1F)[C@H]1CCCO1. The van der Waals surface area contributed by atoms with Gasteiger partial charge in [-0.1, -0.05) is 11.8 Å². The molecule has 0 spiro atoms. The summed E-state index contributed by atoms with van der Waals surface area (Å²) in [5.41, 5.74) is 0.0161. The van der Waals surface area contributed by atoms with Gasteiger partial charge in [0.25, 0.3) is 5.91 Å². The minimum atomic E-state index is -3.26. The van der Waals surface area contributed by atoms with Crippen LogP contribution < -0.4 is 4.90 Å². The average Bonchev–Trinajstić information content (AvgIpc) is 3.23. The molecule has 1 aromatic carbocycles. The zero-order valence-electron chi connectivity index (χ0n) is 13.6. The van der Waals surface area contributed by atoms with Gasteiger partial charge >= 0.3 is 0 Å². The number of carbonyl (C=O) groups is 1. The molecular formula is C16H16F2N2O4S2. The van der Waals surface area contributed by atoms with Crippen LogP contribution in [-0.4, -0.2) is 55.0 Å². The molecule has 4 rings (SSSR count). The van der Waals surface area contributed by atoms with Crippen molar-refractivity contribution in [1.82, 2.24) is 0 Å². The molecule has 140 valence electrons. The lowest BCUT2D eigenvalue weighted by Crippen LogP contribution is -2.38. The van der Waals surface area contributed by atoms with Crippen LogP contribution in [-0.2, 0) is 19.4 Å². The number of ether oxygens (including phenoxy) is 1. The minimum absolute atomic E-state index is 0.0161. The Morgan fingerprint density at radius 2 is 2.12 bits per heavy atom. The third kappa shape index (κ3) is 3.25. The average molecular weight is 402 g/mol. The molecule has 0 saturated carbocycles. The third-order valence-corrected chi connectivity index (χ3v) is 7.86. The number of halogens is 2. The zero-order chi connectivity index (χ0) is 18.5. The van der Waals surface area contributed by atoms with Gasteiger partial charge in [-0.25, -0.2) is 17.2 Å². The van der Waals surface area contributed by atoms with Gasteiger partial charge in [-0.2, -0.15) is 4.99 Å². The molecule has 0 unspecified atom stereocenters. The Bertz CT molecular complexity index is 884. The molecule has 0 aromatic heterocycles. The molecule has 26 heavy (non-hydrogen) atoms. The van der Waals surface area contributed by atoms with Crippen molar-refractivity contribution in [2.24, 2.45) is 4.99 Å². The molecule has 0 radical (unpaired) electrons. The molecule has 0 aliphatic carbocycles. The van der Waals surface area contributed by atoms with Crippen molar-refractivity contribution in [3.8, 4) is 0 Å². The molecule has 3 saturated heterocycles. The Morgan fingerprint density at radius 3 is 2.81 bits per heavy atom. The van der Waals surface area contributed by atoms with E-state index in [1.54, 1.807) is 0 Å². The normalized spacial score (nSPS) is 31.5. The summed E-state index contributed by atoms with van der Waals surface area (Å²) in [6.45, 7) is 0.494. The van der Waals surface area contributed by atoms with Gasteiger partial charge in [0, 0.05) is 17.9 Å². The van der Waals surface area contributed by atoms with E-state index in [2.05, 4.69) is 4.99 Å². The van der Waals surface area contributed by atoms with E-state index in [4.69, 9.17) is 4.74 Å². The number of amides is 1. The van der Waals surface area contributed by atoms with E-state index in [1.807, 2.05) is 0 Å². The van der Waals surface area contributed by atoms with E-state index in [1.165, 1.54) is 11.0 Å². The molecule has 1 aromatic rings. The van der Waals surface area contributed by atoms with Crippen molar-refractivity contribution in [2.45, 2.75) is 30.2 Å². The van der Waals surface area contributed by atoms with Gasteiger partial charge in [0.1, 0.15) is 17.7 Å². The molecule has 0 bridgehead atoms. The lowest BCUT2D eigenvalue weighted by atomic mass is 10.2. The van der Waals surface area contributed by atoms with Crippen molar-refractivity contribution in [3.63, 3.8) is 0 Å². The molecular weight excluding hydrogens is 386 g/mol. The summed E-state index contributed by atoms with van der Waals surface area (Å²) >= 11 is 1.15. The maximum Gasteiger partial charge on any atom is 0.277 e. The third-order valence-electron chi connectivity index (χ3n) is 4.65. The molecule has 6 nitrogen and oxygen atoms in total. The topological polar surface area (TPSA) is 76.0 Å². The standard InChI is InChI=1S/C16H16F2N2O4S2/c17-9-3-4-11(10(18)6-9)20-12-7-26(22,23)8-14(12)25-16(20)19-15(21)13-2-1-5-24-13/h3-4,6,12-14H,1-2,5,7-8H2/t12-,13+,14+/m0/s1. The smallest absolute Gasteiger partial charge is 0.277 e. The first-order valence-corrected chi connectivity index (χ1v) is 10.9. The predicted octanol–water partition coefficient (Wildman–Crippen LogP) is 1.75. The zero-order valence-corrected chi connectivity index (χ0v) is 15.2. The first-order chi connectivity index (χ1) is 12.3. The summed E-state index contributed by atoms with van der Waals surface area (Å²) in [5.74, 6) is -2.24. The Morgan fingerprint density at radius 1 is 1.31 bits per heavy atom. The number of nitrogens with zero attached hydrogens (tertiary/aromatic N) is 2. The molecule has 3 atom stereocenters. The summed E-state index contributed by atoms with van der Waals surface area (Å²) < 4.78 is 56.9. The van der Waals surface area contributed by atoms with E-state index in [-0.39, 0.29) is 27.6 Å². The molecule has 3 heterocycles. The summed E-state index contributed by atoms with van der Waals surface area (Å²) in [6.07, 6.45) is 0.729. The van der Waals surface area contributed by atoms with Crippen LogP contribution in [0.2, 0.25) is 0 Å². The van der Waals surface area contributed by atoms with Gasteiger partial charge < -0.3 is 9.64 Å². The Hall–Kier alpha value is -1.52.